The number of hydrogen-bond donors (Lipinski definition) is 1. The number of hydrogen-bond acceptors (Lipinski definition) is 4. The third-order valence-corrected chi connectivity index (χ3v) is 4.18. The molecule has 1 fully saturated rings. The number of nitrogens with one attached hydrogen (secondary N) is 1. The molecule has 2 aromatic rings. The van der Waals surface area contributed by atoms with E-state index in [0.29, 0.717) is 6.61 Å². The fraction of sp³-hybridized carbons (Fsp3) is 0.429. The minimum atomic E-state index is 0.250. The monoisotopic (exact) mass is 341 g/mol. The van der Waals surface area contributed by atoms with E-state index in [0.717, 1.165) is 56.2 Å². The summed E-state index contributed by atoms with van der Waals surface area (Å²) in [6.45, 7) is 5.13. The second kappa shape index (κ2) is 9.33. The summed E-state index contributed by atoms with van der Waals surface area (Å²) in [6.07, 6.45) is 3.51. The smallest absolute Gasteiger partial charge is 0.119 e. The molecule has 0 radical (unpaired) electrons. The Kier molecular flexibility index (Phi) is 6.57. The van der Waals surface area contributed by atoms with Gasteiger partial charge in [0.15, 0.2) is 0 Å². The fourth-order valence-electron chi connectivity index (χ4n) is 2.80. The molecule has 0 bridgehead atoms. The molecule has 3 rings (SSSR count). The van der Waals surface area contributed by atoms with Crippen LogP contribution >= 0.6 is 0 Å². The lowest BCUT2D eigenvalue weighted by Crippen LogP contribution is -2.16. The van der Waals surface area contributed by atoms with Gasteiger partial charge >= 0.3 is 0 Å². The lowest BCUT2D eigenvalue weighted by molar-refractivity contribution is 0.0679. The van der Waals surface area contributed by atoms with E-state index in [1.165, 1.54) is 5.56 Å². The van der Waals surface area contributed by atoms with Crippen LogP contribution in [0.1, 0.15) is 31.7 Å². The predicted molar refractivity (Wildman–Crippen MR) is 100 cm³/mol. The number of ether oxygens (including phenoxy) is 3. The number of anilines is 1. The van der Waals surface area contributed by atoms with Crippen LogP contribution in [0.3, 0.4) is 0 Å². The van der Waals surface area contributed by atoms with Crippen LogP contribution in [0.2, 0.25) is 0 Å². The fourth-order valence-corrected chi connectivity index (χ4v) is 2.80. The first kappa shape index (κ1) is 17.6. The van der Waals surface area contributed by atoms with E-state index in [-0.39, 0.29) is 6.10 Å². The van der Waals surface area contributed by atoms with Crippen molar-refractivity contribution in [2.24, 2.45) is 0 Å². The van der Waals surface area contributed by atoms with Gasteiger partial charge in [0, 0.05) is 18.8 Å². The van der Waals surface area contributed by atoms with Crippen LogP contribution in [0.15, 0.2) is 48.5 Å². The number of benzene rings is 2. The summed E-state index contributed by atoms with van der Waals surface area (Å²) >= 11 is 0. The molecule has 1 heterocycles. The average molecular weight is 341 g/mol. The van der Waals surface area contributed by atoms with Crippen LogP contribution < -0.4 is 14.8 Å². The molecule has 0 spiro atoms. The normalized spacial score (nSPS) is 16.6. The van der Waals surface area contributed by atoms with Gasteiger partial charge in [-0.3, -0.25) is 0 Å². The maximum Gasteiger partial charge on any atom is 0.119 e. The van der Waals surface area contributed by atoms with Gasteiger partial charge in [0.2, 0.25) is 0 Å². The van der Waals surface area contributed by atoms with Crippen molar-refractivity contribution in [3.05, 3.63) is 54.1 Å². The van der Waals surface area contributed by atoms with Gasteiger partial charge in [-0.15, -0.1) is 0 Å². The summed E-state index contributed by atoms with van der Waals surface area (Å²) < 4.78 is 17.0. The summed E-state index contributed by atoms with van der Waals surface area (Å²) in [5.41, 5.74) is 2.27. The Hall–Kier alpha value is -2.20. The quantitative estimate of drug-likeness (QED) is 0.721. The van der Waals surface area contributed by atoms with Gasteiger partial charge in [-0.05, 0) is 61.2 Å². The molecule has 4 heteroatoms. The first-order valence-electron chi connectivity index (χ1n) is 9.13. The second-order valence-corrected chi connectivity index (χ2v) is 6.32. The molecular formula is C21H27NO3. The Morgan fingerprint density at radius 2 is 1.96 bits per heavy atom. The molecule has 1 atom stereocenters. The summed E-state index contributed by atoms with van der Waals surface area (Å²) in [5, 5.41) is 3.43. The van der Waals surface area contributed by atoms with Crippen molar-refractivity contribution in [1.29, 1.82) is 0 Å². The Balaban J connectivity index is 1.46. The topological polar surface area (TPSA) is 39.7 Å². The predicted octanol–water partition coefficient (Wildman–Crippen LogP) is 4.65. The summed E-state index contributed by atoms with van der Waals surface area (Å²) in [4.78, 5) is 0. The molecule has 0 saturated carbocycles. The van der Waals surface area contributed by atoms with E-state index >= 15 is 0 Å². The molecule has 1 aliphatic rings. The molecule has 4 nitrogen and oxygen atoms in total. The SMILES string of the molecule is CCCOc1cccc(CNc2ccc(OCC3CCCO3)cc2)c1. The van der Waals surface area contributed by atoms with Crippen LogP contribution in [0.4, 0.5) is 5.69 Å². The van der Waals surface area contributed by atoms with E-state index in [2.05, 4.69) is 24.4 Å². The first-order valence-corrected chi connectivity index (χ1v) is 9.13. The zero-order chi connectivity index (χ0) is 17.3. The second-order valence-electron chi connectivity index (χ2n) is 6.32. The Morgan fingerprint density at radius 1 is 1.08 bits per heavy atom. The molecule has 1 saturated heterocycles. The zero-order valence-corrected chi connectivity index (χ0v) is 14.9. The van der Waals surface area contributed by atoms with Crippen LogP contribution in [0.25, 0.3) is 0 Å². The van der Waals surface area contributed by atoms with Gasteiger partial charge in [-0.2, -0.15) is 0 Å². The minimum Gasteiger partial charge on any atom is -0.494 e. The van der Waals surface area contributed by atoms with Crippen molar-refractivity contribution in [1.82, 2.24) is 0 Å². The zero-order valence-electron chi connectivity index (χ0n) is 14.9. The molecule has 0 aliphatic carbocycles. The van der Waals surface area contributed by atoms with Gasteiger partial charge in [0.25, 0.3) is 0 Å². The van der Waals surface area contributed by atoms with Crippen LogP contribution in [0, 0.1) is 0 Å². The Labute approximate surface area is 150 Å². The van der Waals surface area contributed by atoms with E-state index < -0.39 is 0 Å². The first-order chi connectivity index (χ1) is 12.3. The number of rotatable bonds is 9. The molecule has 0 aromatic heterocycles. The van der Waals surface area contributed by atoms with E-state index in [9.17, 15) is 0 Å². The van der Waals surface area contributed by atoms with Crippen molar-refractivity contribution in [2.45, 2.75) is 38.8 Å². The maximum absolute atomic E-state index is 5.79. The molecule has 1 aliphatic heterocycles. The molecule has 1 N–H and O–H groups in total. The van der Waals surface area contributed by atoms with Crippen molar-refractivity contribution in [3.63, 3.8) is 0 Å². The van der Waals surface area contributed by atoms with Crippen molar-refractivity contribution in [3.8, 4) is 11.5 Å². The van der Waals surface area contributed by atoms with Crippen LogP contribution in [0.5, 0.6) is 11.5 Å². The third-order valence-electron chi connectivity index (χ3n) is 4.18. The Morgan fingerprint density at radius 3 is 2.72 bits per heavy atom. The van der Waals surface area contributed by atoms with E-state index in [1.807, 2.05) is 36.4 Å². The van der Waals surface area contributed by atoms with E-state index in [1.54, 1.807) is 0 Å². The highest BCUT2D eigenvalue weighted by molar-refractivity contribution is 5.47. The summed E-state index contributed by atoms with van der Waals surface area (Å²) in [6, 6.07) is 16.3. The average Bonchev–Trinajstić information content (AvgIpc) is 3.18. The minimum absolute atomic E-state index is 0.250. The lowest BCUT2D eigenvalue weighted by atomic mass is 10.2. The van der Waals surface area contributed by atoms with Gasteiger partial charge in [0.1, 0.15) is 18.1 Å². The molecule has 1 unspecified atom stereocenters. The Bertz CT molecular complexity index is 636. The van der Waals surface area contributed by atoms with Crippen molar-refractivity contribution in [2.75, 3.05) is 25.1 Å². The van der Waals surface area contributed by atoms with Crippen LogP contribution in [-0.2, 0) is 11.3 Å². The van der Waals surface area contributed by atoms with E-state index in [4.69, 9.17) is 14.2 Å². The third kappa shape index (κ3) is 5.68. The standard InChI is InChI=1S/C21H27NO3/c1-2-12-23-20-6-3-5-17(14-20)15-22-18-8-10-19(11-9-18)25-16-21-7-4-13-24-21/h3,5-6,8-11,14,21-22H,2,4,7,12-13,15-16H2,1H3. The molecule has 134 valence electrons. The highest BCUT2D eigenvalue weighted by Gasteiger charge is 2.15. The summed E-state index contributed by atoms with van der Waals surface area (Å²) in [5.74, 6) is 1.81. The molecule has 25 heavy (non-hydrogen) atoms. The molecule has 2 aromatic carbocycles. The van der Waals surface area contributed by atoms with Crippen molar-refractivity contribution >= 4 is 5.69 Å². The highest BCUT2D eigenvalue weighted by atomic mass is 16.5. The highest BCUT2D eigenvalue weighted by Crippen LogP contribution is 2.20. The lowest BCUT2D eigenvalue weighted by Gasteiger charge is -2.12. The van der Waals surface area contributed by atoms with Crippen molar-refractivity contribution < 1.29 is 14.2 Å². The van der Waals surface area contributed by atoms with Gasteiger partial charge in [0.05, 0.1) is 12.7 Å². The molecule has 0 amide bonds. The van der Waals surface area contributed by atoms with Gasteiger partial charge in [-0.1, -0.05) is 19.1 Å². The van der Waals surface area contributed by atoms with Gasteiger partial charge < -0.3 is 19.5 Å². The maximum atomic E-state index is 5.79. The van der Waals surface area contributed by atoms with Crippen LogP contribution in [-0.4, -0.2) is 25.9 Å². The largest absolute Gasteiger partial charge is 0.494 e. The summed E-state index contributed by atoms with van der Waals surface area (Å²) in [7, 11) is 0. The van der Waals surface area contributed by atoms with Gasteiger partial charge in [-0.25, -0.2) is 0 Å². The molecular weight excluding hydrogens is 314 g/mol.